The van der Waals surface area contributed by atoms with Gasteiger partial charge in [0.05, 0.1) is 12.2 Å². The first-order chi connectivity index (χ1) is 10.3. The summed E-state index contributed by atoms with van der Waals surface area (Å²) in [6.45, 7) is 11.6. The van der Waals surface area contributed by atoms with Gasteiger partial charge in [0.15, 0.2) is 0 Å². The number of esters is 1. The molecule has 0 radical (unpaired) electrons. The molecule has 122 valence electrons. The Morgan fingerprint density at radius 3 is 2.36 bits per heavy atom. The summed E-state index contributed by atoms with van der Waals surface area (Å²) in [6, 6.07) is 0. The lowest BCUT2D eigenvalue weighted by atomic mass is 9.91. The summed E-state index contributed by atoms with van der Waals surface area (Å²) in [5, 5.41) is 0. The number of carbonyl (C=O) groups excluding carboxylic acids is 2. The molecule has 1 amide bonds. The molecule has 0 spiro atoms. The summed E-state index contributed by atoms with van der Waals surface area (Å²) in [4.78, 5) is 29.8. The fourth-order valence-corrected chi connectivity index (χ4v) is 3.47. The average Bonchev–Trinajstić information content (AvgIpc) is 2.72. The number of H-pyrrole nitrogens is 1. The molecular weight excluding hydrogens is 280 g/mol. The Bertz CT molecular complexity index is 567. The van der Waals surface area contributed by atoms with Crippen LogP contribution in [-0.2, 0) is 4.74 Å². The van der Waals surface area contributed by atoms with Gasteiger partial charge in [-0.15, -0.1) is 0 Å². The van der Waals surface area contributed by atoms with Gasteiger partial charge in [0.1, 0.15) is 5.69 Å². The highest BCUT2D eigenvalue weighted by Gasteiger charge is 2.30. The molecule has 1 saturated heterocycles. The number of hydrogen-bond donors (Lipinski definition) is 1. The molecule has 1 fully saturated rings. The van der Waals surface area contributed by atoms with Crippen LogP contribution in [0.15, 0.2) is 0 Å². The number of piperidine rings is 1. The first-order valence-electron chi connectivity index (χ1n) is 8.00. The van der Waals surface area contributed by atoms with Crippen molar-refractivity contribution in [1.29, 1.82) is 0 Å². The van der Waals surface area contributed by atoms with Crippen molar-refractivity contribution in [2.45, 2.75) is 41.0 Å². The molecular formula is C17H26N2O3. The minimum atomic E-state index is -0.400. The fourth-order valence-electron chi connectivity index (χ4n) is 3.47. The van der Waals surface area contributed by atoms with E-state index in [0.29, 0.717) is 35.3 Å². The molecule has 1 aromatic heterocycles. The quantitative estimate of drug-likeness (QED) is 0.873. The van der Waals surface area contributed by atoms with Gasteiger partial charge < -0.3 is 14.6 Å². The molecule has 1 aliphatic rings. The summed E-state index contributed by atoms with van der Waals surface area (Å²) in [5.74, 6) is 0.635. The van der Waals surface area contributed by atoms with E-state index in [9.17, 15) is 9.59 Å². The van der Waals surface area contributed by atoms with E-state index in [1.54, 1.807) is 13.8 Å². The smallest absolute Gasteiger partial charge is 0.355 e. The molecule has 0 aromatic carbocycles. The van der Waals surface area contributed by atoms with Crippen molar-refractivity contribution < 1.29 is 14.3 Å². The van der Waals surface area contributed by atoms with E-state index in [0.717, 1.165) is 25.2 Å². The van der Waals surface area contributed by atoms with E-state index in [1.165, 1.54) is 0 Å². The van der Waals surface area contributed by atoms with Crippen LogP contribution in [0.1, 0.15) is 59.3 Å². The van der Waals surface area contributed by atoms with Gasteiger partial charge in [-0.2, -0.15) is 0 Å². The lowest BCUT2D eigenvalue weighted by molar-refractivity contribution is 0.0519. The number of amides is 1. The predicted molar refractivity (Wildman–Crippen MR) is 85.1 cm³/mol. The lowest BCUT2D eigenvalue weighted by Gasteiger charge is -2.35. The number of aryl methyl sites for hydroxylation is 1. The maximum atomic E-state index is 12.9. The number of hydrogen-bond acceptors (Lipinski definition) is 3. The summed E-state index contributed by atoms with van der Waals surface area (Å²) >= 11 is 0. The maximum absolute atomic E-state index is 12.9. The van der Waals surface area contributed by atoms with Crippen molar-refractivity contribution in [3.63, 3.8) is 0 Å². The third kappa shape index (κ3) is 3.18. The third-order valence-electron chi connectivity index (χ3n) is 4.29. The molecule has 5 nitrogen and oxygen atoms in total. The molecule has 0 aliphatic carbocycles. The average molecular weight is 306 g/mol. The standard InChI is InChI=1S/C17H26N2O3/c1-6-22-17(21)15-12(4)14(13(5)18-15)16(20)19-8-10(2)7-11(3)9-19/h10-11,18H,6-9H2,1-5H3. The second-order valence-electron chi connectivity index (χ2n) is 6.50. The number of aromatic amines is 1. The molecule has 2 heterocycles. The number of aromatic nitrogens is 1. The van der Waals surface area contributed by atoms with Gasteiger partial charge in [-0.1, -0.05) is 13.8 Å². The van der Waals surface area contributed by atoms with Gasteiger partial charge >= 0.3 is 5.97 Å². The highest BCUT2D eigenvalue weighted by molar-refractivity contribution is 6.01. The maximum Gasteiger partial charge on any atom is 0.355 e. The van der Waals surface area contributed by atoms with Crippen LogP contribution in [0.25, 0.3) is 0 Å². The van der Waals surface area contributed by atoms with Crippen LogP contribution in [0.3, 0.4) is 0 Å². The first-order valence-corrected chi connectivity index (χ1v) is 8.00. The Morgan fingerprint density at radius 2 is 1.82 bits per heavy atom. The van der Waals surface area contributed by atoms with Crippen molar-refractivity contribution in [2.24, 2.45) is 11.8 Å². The van der Waals surface area contributed by atoms with E-state index in [2.05, 4.69) is 18.8 Å². The SMILES string of the molecule is CCOC(=O)c1[nH]c(C)c(C(=O)N2CC(C)CC(C)C2)c1C. The number of likely N-dealkylation sites (tertiary alicyclic amines) is 1. The van der Waals surface area contributed by atoms with Crippen molar-refractivity contribution in [3.8, 4) is 0 Å². The third-order valence-corrected chi connectivity index (χ3v) is 4.29. The molecule has 1 N–H and O–H groups in total. The van der Waals surface area contributed by atoms with Gasteiger partial charge in [0, 0.05) is 18.8 Å². The molecule has 0 bridgehead atoms. The summed E-state index contributed by atoms with van der Waals surface area (Å²) in [5.41, 5.74) is 2.42. The van der Waals surface area contributed by atoms with E-state index < -0.39 is 5.97 Å². The van der Waals surface area contributed by atoms with Crippen molar-refractivity contribution >= 4 is 11.9 Å². The minimum Gasteiger partial charge on any atom is -0.461 e. The number of nitrogens with zero attached hydrogens (tertiary/aromatic N) is 1. The van der Waals surface area contributed by atoms with Gasteiger partial charge in [-0.05, 0) is 44.6 Å². The Morgan fingerprint density at radius 1 is 1.23 bits per heavy atom. The van der Waals surface area contributed by atoms with Crippen molar-refractivity contribution in [1.82, 2.24) is 9.88 Å². The largest absolute Gasteiger partial charge is 0.461 e. The van der Waals surface area contributed by atoms with Gasteiger partial charge in [0.25, 0.3) is 5.91 Å². The molecule has 1 aliphatic heterocycles. The molecule has 1 aromatic rings. The second kappa shape index (κ2) is 6.55. The first kappa shape index (κ1) is 16.6. The van der Waals surface area contributed by atoms with E-state index in [-0.39, 0.29) is 5.91 Å². The zero-order chi connectivity index (χ0) is 16.4. The van der Waals surface area contributed by atoms with Gasteiger partial charge in [0.2, 0.25) is 0 Å². The summed E-state index contributed by atoms with van der Waals surface area (Å²) in [6.07, 6.45) is 1.16. The van der Waals surface area contributed by atoms with Crippen molar-refractivity contribution in [3.05, 3.63) is 22.5 Å². The molecule has 0 saturated carbocycles. The van der Waals surface area contributed by atoms with Gasteiger partial charge in [-0.25, -0.2) is 4.79 Å². The van der Waals surface area contributed by atoms with Crippen LogP contribution in [0.4, 0.5) is 0 Å². The zero-order valence-corrected chi connectivity index (χ0v) is 14.2. The number of ether oxygens (including phenoxy) is 1. The highest BCUT2D eigenvalue weighted by atomic mass is 16.5. The van der Waals surface area contributed by atoms with Crippen LogP contribution < -0.4 is 0 Å². The van der Waals surface area contributed by atoms with Crippen LogP contribution in [0.5, 0.6) is 0 Å². The van der Waals surface area contributed by atoms with Gasteiger partial charge in [-0.3, -0.25) is 4.79 Å². The van der Waals surface area contributed by atoms with Crippen LogP contribution in [0.2, 0.25) is 0 Å². The Kier molecular flexibility index (Phi) is 4.94. The molecule has 2 atom stereocenters. The topological polar surface area (TPSA) is 62.4 Å². The molecule has 2 rings (SSSR count). The van der Waals surface area contributed by atoms with Crippen LogP contribution >= 0.6 is 0 Å². The number of carbonyl (C=O) groups is 2. The fraction of sp³-hybridized carbons (Fsp3) is 0.647. The van der Waals surface area contributed by atoms with E-state index in [1.807, 2.05) is 11.8 Å². The summed E-state index contributed by atoms with van der Waals surface area (Å²) in [7, 11) is 0. The predicted octanol–water partition coefficient (Wildman–Crippen LogP) is 2.93. The number of nitrogens with one attached hydrogen (secondary N) is 1. The minimum absolute atomic E-state index is 0.0141. The van der Waals surface area contributed by atoms with Crippen LogP contribution in [-0.4, -0.2) is 41.5 Å². The molecule has 22 heavy (non-hydrogen) atoms. The molecule has 2 unspecified atom stereocenters. The van der Waals surface area contributed by atoms with E-state index in [4.69, 9.17) is 4.74 Å². The monoisotopic (exact) mass is 306 g/mol. The normalized spacial score (nSPS) is 21.8. The molecule has 5 heteroatoms. The Labute approximate surface area is 132 Å². The van der Waals surface area contributed by atoms with Crippen molar-refractivity contribution in [2.75, 3.05) is 19.7 Å². The highest BCUT2D eigenvalue weighted by Crippen LogP contribution is 2.26. The number of rotatable bonds is 3. The van der Waals surface area contributed by atoms with Crippen LogP contribution in [0, 0.1) is 25.7 Å². The Hall–Kier alpha value is -1.78. The lowest BCUT2D eigenvalue weighted by Crippen LogP contribution is -2.42. The summed E-state index contributed by atoms with van der Waals surface area (Å²) < 4.78 is 5.04. The Balaban J connectivity index is 2.28. The second-order valence-corrected chi connectivity index (χ2v) is 6.50. The zero-order valence-electron chi connectivity index (χ0n) is 14.2. The van der Waals surface area contributed by atoms with E-state index >= 15 is 0 Å².